The minimum atomic E-state index is -1.67. The Morgan fingerprint density at radius 3 is 1.15 bits per heavy atom. The highest BCUT2D eigenvalue weighted by Crippen LogP contribution is 2.20. The van der Waals surface area contributed by atoms with E-state index in [2.05, 4.69) is 72.5 Å². The molecule has 0 aliphatic heterocycles. The summed E-state index contributed by atoms with van der Waals surface area (Å²) in [6.07, 6.45) is 0.208. The number of aliphatic hydroxyl groups is 1. The number of aliphatic imine (C=N–C) groups is 5. The van der Waals surface area contributed by atoms with Crippen LogP contribution in [0.25, 0.3) is 10.9 Å². The van der Waals surface area contributed by atoms with E-state index in [0.717, 1.165) is 0 Å². The lowest BCUT2D eigenvalue weighted by atomic mass is 10.00. The Labute approximate surface area is 533 Å². The first kappa shape index (κ1) is 78.4. The third-order valence-corrected chi connectivity index (χ3v) is 14.0. The fourth-order valence-electron chi connectivity index (χ4n) is 9.23. The quantitative estimate of drug-likeness (QED) is 0.0167. The molecule has 10 atom stereocenters. The molecule has 2 aromatic rings. The second kappa shape index (κ2) is 40.8. The fourth-order valence-corrected chi connectivity index (χ4v) is 9.23. The molecule has 1 heterocycles. The van der Waals surface area contributed by atoms with Crippen molar-refractivity contribution in [1.29, 1.82) is 0 Å². The SMILES string of the molecule is CC(C)C[C@H](NC(=O)[C@H](CCCN=C(N)N)NC(=O)[C@H](CCCN=C(N)N)NC(=O)[C@H](Cc1c[nH]c2ccccc12)NC(=O)[C@H](CCCN=C(N)N)NC(=O)[C@H](CCCN=C(N)N)NC(=O)[C@@H](N)CCCN=C(N)N)C(=O)N[C@H](C(=O)N[C@H](C(=O)O)C(C)C)[C@@H](C)O. The van der Waals surface area contributed by atoms with Crippen LogP contribution >= 0.6 is 0 Å². The number of rotatable bonds is 43. The van der Waals surface area contributed by atoms with Crippen LogP contribution in [-0.2, 0) is 49.6 Å². The Balaban J connectivity index is 2.73. The second-order valence-corrected chi connectivity index (χ2v) is 22.7. The molecule has 36 heteroatoms. The van der Waals surface area contributed by atoms with Crippen molar-refractivity contribution in [3.8, 4) is 0 Å². The lowest BCUT2D eigenvalue weighted by Crippen LogP contribution is -2.61. The Morgan fingerprint density at radius 2 is 0.783 bits per heavy atom. The molecule has 36 nitrogen and oxygen atoms in total. The number of aromatic nitrogens is 1. The van der Waals surface area contributed by atoms with Crippen molar-refractivity contribution in [3.05, 3.63) is 36.0 Å². The van der Waals surface area contributed by atoms with Gasteiger partial charge >= 0.3 is 5.97 Å². The molecule has 0 aliphatic carbocycles. The van der Waals surface area contributed by atoms with Crippen molar-refractivity contribution in [3.63, 3.8) is 0 Å². The predicted octanol–water partition coefficient (Wildman–Crippen LogP) is -6.65. The average molecular weight is 1300 g/mol. The van der Waals surface area contributed by atoms with Crippen LogP contribution in [0.3, 0.4) is 0 Å². The molecule has 2 rings (SSSR count). The van der Waals surface area contributed by atoms with Gasteiger partial charge in [0.25, 0.3) is 0 Å². The summed E-state index contributed by atoms with van der Waals surface area (Å²) < 4.78 is 0. The number of aliphatic hydroxyl groups excluding tert-OH is 1. The third kappa shape index (κ3) is 30.2. The van der Waals surface area contributed by atoms with Crippen LogP contribution in [-0.4, -0.2) is 191 Å². The van der Waals surface area contributed by atoms with E-state index in [1.807, 2.05) is 0 Å². The van der Waals surface area contributed by atoms with Gasteiger partial charge in [-0.15, -0.1) is 0 Å². The van der Waals surface area contributed by atoms with Gasteiger partial charge in [-0.1, -0.05) is 45.9 Å². The van der Waals surface area contributed by atoms with Gasteiger partial charge in [0, 0.05) is 56.2 Å². The summed E-state index contributed by atoms with van der Waals surface area (Å²) in [5.74, 6) is -10.5. The number of fused-ring (bicyclic) bond motifs is 1. The zero-order valence-electron chi connectivity index (χ0n) is 53.0. The van der Waals surface area contributed by atoms with Gasteiger partial charge < -0.3 is 121 Å². The number of amides is 8. The van der Waals surface area contributed by atoms with Crippen molar-refractivity contribution < 1.29 is 53.4 Å². The average Bonchev–Trinajstić information content (AvgIpc) is 1.64. The number of carboxylic acids is 1. The zero-order chi connectivity index (χ0) is 69.2. The van der Waals surface area contributed by atoms with Gasteiger partial charge in [0.2, 0.25) is 47.3 Å². The van der Waals surface area contributed by atoms with Crippen LogP contribution in [0.2, 0.25) is 0 Å². The Kier molecular flexibility index (Phi) is 34.8. The van der Waals surface area contributed by atoms with Crippen LogP contribution in [0.5, 0.6) is 0 Å². The molecule has 0 spiro atoms. The van der Waals surface area contributed by atoms with Crippen molar-refractivity contribution in [1.82, 2.24) is 47.5 Å². The number of nitrogens with two attached hydrogens (primary N) is 11. The van der Waals surface area contributed by atoms with E-state index in [1.54, 1.807) is 58.2 Å². The number of carbonyl (C=O) groups excluding carboxylic acids is 8. The summed E-state index contributed by atoms with van der Waals surface area (Å²) in [7, 11) is 0. The Morgan fingerprint density at radius 1 is 0.446 bits per heavy atom. The molecule has 0 bridgehead atoms. The van der Waals surface area contributed by atoms with Crippen LogP contribution in [0.1, 0.15) is 111 Å². The molecule has 33 N–H and O–H groups in total. The van der Waals surface area contributed by atoms with E-state index >= 15 is 4.79 Å². The number of carbonyl (C=O) groups is 9. The number of aromatic amines is 1. The highest BCUT2D eigenvalue weighted by Gasteiger charge is 2.37. The van der Waals surface area contributed by atoms with Crippen molar-refractivity contribution in [2.75, 3.05) is 32.7 Å². The number of carboxylic acid groups (broad SMARTS) is 1. The Bertz CT molecular complexity index is 2890. The number of hydrogen-bond donors (Lipinski definition) is 22. The minimum absolute atomic E-state index is 0.00142. The number of para-hydroxylation sites is 1. The summed E-state index contributed by atoms with van der Waals surface area (Å²) >= 11 is 0. The van der Waals surface area contributed by atoms with Gasteiger partial charge in [-0.2, -0.15) is 0 Å². The molecule has 1 aromatic heterocycles. The van der Waals surface area contributed by atoms with Gasteiger partial charge in [0.05, 0.1) is 12.1 Å². The first-order valence-corrected chi connectivity index (χ1v) is 30.2. The molecular formula is C56H99N25O11. The number of H-pyrrole nitrogens is 1. The van der Waals surface area contributed by atoms with Crippen LogP contribution < -0.4 is 106 Å². The van der Waals surface area contributed by atoms with E-state index in [-0.39, 0.29) is 139 Å². The fraction of sp³-hybridized carbons (Fsp3) is 0.607. The lowest BCUT2D eigenvalue weighted by Gasteiger charge is -2.29. The molecule has 0 saturated carbocycles. The van der Waals surface area contributed by atoms with E-state index in [0.29, 0.717) is 22.9 Å². The van der Waals surface area contributed by atoms with Gasteiger partial charge in [-0.25, -0.2) is 4.79 Å². The maximum atomic E-state index is 15.1. The molecule has 0 fully saturated rings. The van der Waals surface area contributed by atoms with Gasteiger partial charge in [-0.3, -0.25) is 63.3 Å². The summed E-state index contributed by atoms with van der Waals surface area (Å²) in [5.41, 5.74) is 62.9. The molecular weight excluding hydrogens is 1200 g/mol. The standard InChI is InChI=1S/C56H99N25O11/c1-28(2)25-39(49(89)81-42(30(5)82)50(90)80-41(29(3)4)51(91)92)78-46(86)37(18-11-23-71-55(64)65)76-45(85)36(17-10-22-70-54(62)63)77-48(88)40(26-31-27-73-34-15-7-6-13-32(31)34)79-47(87)38(19-12-24-72-56(66)67)75-44(84)35(16-9-21-69-53(60)61)74-43(83)33(57)14-8-20-68-52(58)59/h6-7,13,15,27-30,33,35-42,73,82H,8-12,14,16-26,57H2,1-5H3,(H,74,83)(H,75,84)(H,76,85)(H,77,88)(H,78,86)(H,79,87)(H,80,90)(H,81,89)(H,91,92)(H4,58,59,68)(H4,60,61,69)(H4,62,63,70)(H4,64,65,71)(H4,66,67,72)/t30-,33+,35+,36+,37+,38+,39+,40+,41+,42+/m1/s1. The zero-order valence-corrected chi connectivity index (χ0v) is 53.0. The van der Waals surface area contributed by atoms with E-state index < -0.39 is 120 Å². The topological polar surface area (TPSA) is 654 Å². The summed E-state index contributed by atoms with van der Waals surface area (Å²) in [4.78, 5) is 149. The van der Waals surface area contributed by atoms with Crippen LogP contribution in [0.15, 0.2) is 55.4 Å². The molecule has 0 radical (unpaired) electrons. The molecule has 0 saturated heterocycles. The van der Waals surface area contributed by atoms with Crippen LogP contribution in [0.4, 0.5) is 0 Å². The summed E-state index contributed by atoms with van der Waals surface area (Å²) in [6.45, 7) is 7.98. The number of hydrogen-bond acceptors (Lipinski definition) is 16. The number of benzene rings is 1. The largest absolute Gasteiger partial charge is 0.480 e. The molecule has 8 amide bonds. The minimum Gasteiger partial charge on any atom is -0.480 e. The van der Waals surface area contributed by atoms with E-state index in [1.165, 1.54) is 6.92 Å². The highest BCUT2D eigenvalue weighted by atomic mass is 16.4. The van der Waals surface area contributed by atoms with Crippen molar-refractivity contribution >= 4 is 93.9 Å². The summed E-state index contributed by atoms with van der Waals surface area (Å²) in [6, 6.07) is -5.72. The monoisotopic (exact) mass is 1300 g/mol. The molecule has 1 aromatic carbocycles. The normalized spacial score (nSPS) is 14.3. The van der Waals surface area contributed by atoms with Gasteiger partial charge in [-0.05, 0) is 101 Å². The van der Waals surface area contributed by atoms with E-state index in [4.69, 9.17) is 63.1 Å². The number of nitrogens with one attached hydrogen (secondary N) is 9. The third-order valence-electron chi connectivity index (χ3n) is 14.0. The lowest BCUT2D eigenvalue weighted by molar-refractivity contribution is -0.144. The van der Waals surface area contributed by atoms with Crippen molar-refractivity contribution in [2.24, 2.45) is 99.9 Å². The van der Waals surface area contributed by atoms with Gasteiger partial charge in [0.15, 0.2) is 29.8 Å². The van der Waals surface area contributed by atoms with Crippen LogP contribution in [0, 0.1) is 11.8 Å². The second-order valence-electron chi connectivity index (χ2n) is 22.7. The number of aliphatic carboxylic acids is 1. The van der Waals surface area contributed by atoms with E-state index in [9.17, 15) is 48.6 Å². The first-order valence-electron chi connectivity index (χ1n) is 30.2. The molecule has 92 heavy (non-hydrogen) atoms. The van der Waals surface area contributed by atoms with Gasteiger partial charge in [0.1, 0.15) is 48.3 Å². The molecule has 514 valence electrons. The highest BCUT2D eigenvalue weighted by molar-refractivity contribution is 5.99. The Hall–Kier alpha value is -9.74. The number of guanidine groups is 5. The molecule has 0 aliphatic rings. The molecule has 0 unspecified atom stereocenters. The maximum absolute atomic E-state index is 15.1. The summed E-state index contributed by atoms with van der Waals surface area (Å²) in [5, 5.41) is 42.0. The first-order chi connectivity index (χ1) is 43.3. The van der Waals surface area contributed by atoms with Crippen molar-refractivity contribution in [2.45, 2.75) is 172 Å². The smallest absolute Gasteiger partial charge is 0.326 e. The maximum Gasteiger partial charge on any atom is 0.326 e. The number of nitrogens with zero attached hydrogens (tertiary/aromatic N) is 5. The predicted molar refractivity (Wildman–Crippen MR) is 349 cm³/mol.